The second-order valence-electron chi connectivity index (χ2n) is 6.30. The minimum Gasteiger partial charge on any atom is -0.0683 e. The van der Waals surface area contributed by atoms with Crippen molar-refractivity contribution in [1.82, 2.24) is 0 Å². The molecule has 0 unspecified atom stereocenters. The maximum absolute atomic E-state index is 2.33. The summed E-state index contributed by atoms with van der Waals surface area (Å²) in [6.07, 6.45) is 2.27. The normalized spacial score (nSPS) is 14.4. The van der Waals surface area contributed by atoms with Crippen LogP contribution in [0.4, 0.5) is 0 Å². The van der Waals surface area contributed by atoms with Crippen LogP contribution in [0.5, 0.6) is 0 Å². The second kappa shape index (κ2) is 7.27. The minimum absolute atomic E-state index is 0.164. The Bertz CT molecular complexity index is 785. The molecule has 0 radical (unpaired) electrons. The summed E-state index contributed by atoms with van der Waals surface area (Å²) < 4.78 is 0. The van der Waals surface area contributed by atoms with E-state index in [1.807, 2.05) is 27.7 Å². The van der Waals surface area contributed by atoms with Gasteiger partial charge in [0.15, 0.2) is 0 Å². The van der Waals surface area contributed by atoms with Crippen molar-refractivity contribution >= 4 is 0 Å². The van der Waals surface area contributed by atoms with Gasteiger partial charge < -0.3 is 0 Å². The standard InChI is InChI=1S/C21H16.2C2H6/c1-2-8-16-14-21(13-15(16)7-1)19-11-5-3-9-17(19)18-10-4-6-12-20(18)21;2*1-2/h1-12H,13-14H2;2*1-2H3. The van der Waals surface area contributed by atoms with Gasteiger partial charge in [0.25, 0.3) is 0 Å². The van der Waals surface area contributed by atoms with Gasteiger partial charge in [-0.15, -0.1) is 0 Å². The van der Waals surface area contributed by atoms with Crippen LogP contribution in [0.1, 0.15) is 49.9 Å². The van der Waals surface area contributed by atoms with E-state index in [-0.39, 0.29) is 5.41 Å². The van der Waals surface area contributed by atoms with E-state index < -0.39 is 0 Å². The van der Waals surface area contributed by atoms with Gasteiger partial charge in [0.2, 0.25) is 0 Å². The van der Waals surface area contributed by atoms with E-state index in [2.05, 4.69) is 72.8 Å². The summed E-state index contributed by atoms with van der Waals surface area (Å²) in [7, 11) is 0. The Morgan fingerprint density at radius 1 is 0.520 bits per heavy atom. The van der Waals surface area contributed by atoms with Crippen molar-refractivity contribution in [3.05, 3.63) is 95.1 Å². The molecule has 3 aromatic rings. The predicted molar refractivity (Wildman–Crippen MR) is 109 cm³/mol. The lowest BCUT2D eigenvalue weighted by molar-refractivity contribution is 0.563. The van der Waals surface area contributed by atoms with Gasteiger partial charge in [-0.1, -0.05) is 100 Å². The SMILES string of the molecule is CC.CC.c1ccc2c(c1)CC1(C2)c2ccccc2-c2ccccc21. The van der Waals surface area contributed by atoms with E-state index in [9.17, 15) is 0 Å². The molecule has 3 aromatic carbocycles. The fraction of sp³-hybridized carbons (Fsp3) is 0.280. The summed E-state index contributed by atoms with van der Waals surface area (Å²) in [6, 6.07) is 26.9. The Balaban J connectivity index is 0.000000428. The third-order valence-corrected chi connectivity index (χ3v) is 5.28. The molecule has 0 fully saturated rings. The number of rotatable bonds is 0. The lowest BCUT2D eigenvalue weighted by Gasteiger charge is -2.26. The smallest absolute Gasteiger partial charge is 0.0295 e. The van der Waals surface area contributed by atoms with Crippen LogP contribution in [0.2, 0.25) is 0 Å². The Morgan fingerprint density at radius 2 is 0.880 bits per heavy atom. The summed E-state index contributed by atoms with van der Waals surface area (Å²) in [5.41, 5.74) is 9.09. The zero-order chi connectivity index (χ0) is 17.9. The third-order valence-electron chi connectivity index (χ3n) is 5.28. The van der Waals surface area contributed by atoms with Crippen molar-refractivity contribution in [2.45, 2.75) is 46.0 Å². The maximum Gasteiger partial charge on any atom is 0.0295 e. The number of hydrogen-bond acceptors (Lipinski definition) is 0. The summed E-state index contributed by atoms with van der Waals surface area (Å²) in [5.74, 6) is 0. The average molecular weight is 328 g/mol. The van der Waals surface area contributed by atoms with Gasteiger partial charge in [0.1, 0.15) is 0 Å². The fourth-order valence-electron chi connectivity index (χ4n) is 4.41. The molecule has 0 aromatic heterocycles. The van der Waals surface area contributed by atoms with Crippen LogP contribution in [0.3, 0.4) is 0 Å². The summed E-state index contributed by atoms with van der Waals surface area (Å²) >= 11 is 0. The van der Waals surface area contributed by atoms with Gasteiger partial charge in [-0.3, -0.25) is 0 Å². The first kappa shape index (κ1) is 17.5. The molecule has 0 heteroatoms. The number of fused-ring (bicyclic) bond motifs is 6. The first-order valence-electron chi connectivity index (χ1n) is 9.65. The molecular formula is C25H28. The van der Waals surface area contributed by atoms with Crippen LogP contribution in [-0.4, -0.2) is 0 Å². The minimum atomic E-state index is 0.164. The first-order chi connectivity index (χ1) is 12.4. The predicted octanol–water partition coefficient (Wildman–Crippen LogP) is 6.80. The molecule has 0 N–H and O–H groups in total. The number of benzene rings is 3. The van der Waals surface area contributed by atoms with Crippen molar-refractivity contribution in [1.29, 1.82) is 0 Å². The van der Waals surface area contributed by atoms with Gasteiger partial charge in [-0.25, -0.2) is 0 Å². The molecule has 0 aliphatic heterocycles. The molecule has 2 aliphatic carbocycles. The van der Waals surface area contributed by atoms with Crippen LogP contribution in [0.15, 0.2) is 72.8 Å². The highest BCUT2D eigenvalue weighted by molar-refractivity contribution is 5.82. The van der Waals surface area contributed by atoms with Crippen molar-refractivity contribution in [3.8, 4) is 11.1 Å². The highest BCUT2D eigenvalue weighted by atomic mass is 14.5. The maximum atomic E-state index is 2.33. The summed E-state index contributed by atoms with van der Waals surface area (Å²) in [6.45, 7) is 8.00. The lowest BCUT2D eigenvalue weighted by Crippen LogP contribution is -2.25. The molecule has 2 aliphatic rings. The summed E-state index contributed by atoms with van der Waals surface area (Å²) in [4.78, 5) is 0. The van der Waals surface area contributed by atoms with Crippen molar-refractivity contribution in [2.24, 2.45) is 0 Å². The Kier molecular flexibility index (Phi) is 5.08. The molecule has 0 atom stereocenters. The molecule has 0 heterocycles. The highest BCUT2D eigenvalue weighted by Crippen LogP contribution is 2.54. The van der Waals surface area contributed by atoms with Crippen molar-refractivity contribution in [2.75, 3.05) is 0 Å². The van der Waals surface area contributed by atoms with E-state index >= 15 is 0 Å². The van der Waals surface area contributed by atoms with Crippen LogP contribution < -0.4 is 0 Å². The second-order valence-corrected chi connectivity index (χ2v) is 6.30. The van der Waals surface area contributed by atoms with Gasteiger partial charge in [0.05, 0.1) is 0 Å². The molecule has 128 valence electrons. The third kappa shape index (κ3) is 2.61. The Hall–Kier alpha value is -2.34. The molecule has 0 nitrogen and oxygen atoms in total. The monoisotopic (exact) mass is 328 g/mol. The van der Waals surface area contributed by atoms with E-state index in [0.717, 1.165) is 12.8 Å². The van der Waals surface area contributed by atoms with Gasteiger partial charge in [-0.05, 0) is 46.2 Å². The molecule has 1 spiro atoms. The molecular weight excluding hydrogens is 300 g/mol. The van der Waals surface area contributed by atoms with Gasteiger partial charge in [-0.2, -0.15) is 0 Å². The number of hydrogen-bond donors (Lipinski definition) is 0. The van der Waals surface area contributed by atoms with Crippen LogP contribution in [0.25, 0.3) is 11.1 Å². The average Bonchev–Trinajstić information content (AvgIpc) is 3.23. The highest BCUT2D eigenvalue weighted by Gasteiger charge is 2.46. The van der Waals surface area contributed by atoms with Crippen molar-refractivity contribution < 1.29 is 0 Å². The van der Waals surface area contributed by atoms with Crippen LogP contribution >= 0.6 is 0 Å². The molecule has 0 amide bonds. The molecule has 0 saturated carbocycles. The van der Waals surface area contributed by atoms with Crippen molar-refractivity contribution in [3.63, 3.8) is 0 Å². The Labute approximate surface area is 152 Å². The van der Waals surface area contributed by atoms with E-state index in [1.165, 1.54) is 33.4 Å². The molecule has 0 saturated heterocycles. The van der Waals surface area contributed by atoms with Crippen LogP contribution in [0, 0.1) is 0 Å². The zero-order valence-corrected chi connectivity index (χ0v) is 15.8. The summed E-state index contributed by atoms with van der Waals surface area (Å²) in [5, 5.41) is 0. The first-order valence-corrected chi connectivity index (χ1v) is 9.65. The largest absolute Gasteiger partial charge is 0.0683 e. The zero-order valence-electron chi connectivity index (χ0n) is 15.8. The fourth-order valence-corrected chi connectivity index (χ4v) is 4.41. The molecule has 5 rings (SSSR count). The van der Waals surface area contributed by atoms with E-state index in [0.29, 0.717) is 0 Å². The Morgan fingerprint density at radius 3 is 1.32 bits per heavy atom. The quantitative estimate of drug-likeness (QED) is 0.425. The molecule has 25 heavy (non-hydrogen) atoms. The van der Waals surface area contributed by atoms with Gasteiger partial charge in [0, 0.05) is 5.41 Å². The van der Waals surface area contributed by atoms with Crippen LogP contribution in [-0.2, 0) is 18.3 Å². The van der Waals surface area contributed by atoms with E-state index in [4.69, 9.17) is 0 Å². The molecule has 0 bridgehead atoms. The topological polar surface area (TPSA) is 0 Å². The van der Waals surface area contributed by atoms with E-state index in [1.54, 1.807) is 0 Å². The lowest BCUT2D eigenvalue weighted by atomic mass is 9.76. The van der Waals surface area contributed by atoms with Gasteiger partial charge >= 0.3 is 0 Å².